The molecular weight excluding hydrogens is 450 g/mol. The largest absolute Gasteiger partial charge is 0.436 e. The number of amides is 1. The van der Waals surface area contributed by atoms with Crippen LogP contribution < -0.4 is 5.32 Å². The molecule has 0 atom stereocenters. The minimum atomic E-state index is -3.74. The average molecular weight is 474 g/mol. The number of nitrogens with one attached hydrogen (secondary N) is 1. The van der Waals surface area contributed by atoms with Crippen LogP contribution in [-0.2, 0) is 10.0 Å². The molecule has 1 heterocycles. The smallest absolute Gasteiger partial charge is 0.255 e. The topological polar surface area (TPSA) is 92.5 Å². The van der Waals surface area contributed by atoms with Crippen LogP contribution in [0.3, 0.4) is 0 Å². The molecule has 0 unspecified atom stereocenters. The molecule has 1 aromatic heterocycles. The van der Waals surface area contributed by atoms with E-state index < -0.39 is 10.0 Å². The Morgan fingerprint density at radius 1 is 0.941 bits per heavy atom. The van der Waals surface area contributed by atoms with Crippen LogP contribution in [0.5, 0.6) is 0 Å². The lowest BCUT2D eigenvalue weighted by molar-refractivity contribution is 0.102. The number of benzene rings is 3. The highest BCUT2D eigenvalue weighted by Gasteiger charge is 2.23. The number of fused-ring (bicyclic) bond motifs is 1. The van der Waals surface area contributed by atoms with E-state index in [2.05, 4.69) is 23.5 Å². The van der Waals surface area contributed by atoms with E-state index in [1.807, 2.05) is 36.4 Å². The highest BCUT2D eigenvalue weighted by molar-refractivity contribution is 7.89. The Bertz CT molecular complexity index is 1410. The Labute approximate surface area is 198 Å². The second-order valence-electron chi connectivity index (χ2n) is 7.41. The first-order valence-electron chi connectivity index (χ1n) is 10.5. The van der Waals surface area contributed by atoms with Gasteiger partial charge in [0.05, 0.1) is 16.1 Å². The first-order chi connectivity index (χ1) is 16.4. The number of nitrogens with zero attached hydrogens (tertiary/aromatic N) is 2. The number of carbonyl (C=O) groups is 1. The lowest BCUT2D eigenvalue weighted by atomic mass is 10.1. The Kier molecular flexibility index (Phi) is 6.72. The van der Waals surface area contributed by atoms with Crippen molar-refractivity contribution in [3.8, 4) is 11.5 Å². The van der Waals surface area contributed by atoms with Gasteiger partial charge in [0.25, 0.3) is 5.91 Å². The van der Waals surface area contributed by atoms with Gasteiger partial charge in [-0.25, -0.2) is 13.4 Å². The van der Waals surface area contributed by atoms with Gasteiger partial charge in [0, 0.05) is 18.7 Å². The Hall–Kier alpha value is -4.01. The van der Waals surface area contributed by atoms with E-state index in [1.165, 1.54) is 40.7 Å². The number of para-hydroxylation sites is 3. The van der Waals surface area contributed by atoms with Crippen molar-refractivity contribution in [3.05, 3.63) is 104 Å². The Balaban J connectivity index is 1.57. The molecule has 4 rings (SSSR count). The monoisotopic (exact) mass is 473 g/mol. The third-order valence-corrected chi connectivity index (χ3v) is 6.97. The fourth-order valence-corrected chi connectivity index (χ4v) is 4.83. The van der Waals surface area contributed by atoms with Crippen molar-refractivity contribution in [3.63, 3.8) is 0 Å². The summed E-state index contributed by atoms with van der Waals surface area (Å²) in [5.74, 6) is 0.00428. The molecule has 0 radical (unpaired) electrons. The van der Waals surface area contributed by atoms with Gasteiger partial charge in [-0.3, -0.25) is 4.79 Å². The van der Waals surface area contributed by atoms with E-state index >= 15 is 0 Å². The zero-order chi connectivity index (χ0) is 24.1. The normalized spacial score (nSPS) is 11.4. The van der Waals surface area contributed by atoms with Gasteiger partial charge in [-0.1, -0.05) is 36.4 Å². The fraction of sp³-hybridized carbons (Fsp3) is 0.0769. The second kappa shape index (κ2) is 9.86. The summed E-state index contributed by atoms with van der Waals surface area (Å²) in [5, 5.41) is 2.87. The Morgan fingerprint density at radius 2 is 1.59 bits per heavy atom. The van der Waals surface area contributed by atoms with Gasteiger partial charge in [-0.2, -0.15) is 4.31 Å². The molecule has 1 amide bonds. The number of aromatic nitrogens is 1. The van der Waals surface area contributed by atoms with Crippen molar-refractivity contribution < 1.29 is 17.6 Å². The number of rotatable bonds is 9. The summed E-state index contributed by atoms with van der Waals surface area (Å²) in [5.41, 5.74) is 2.84. The molecule has 0 saturated carbocycles. The van der Waals surface area contributed by atoms with Gasteiger partial charge in [0.2, 0.25) is 15.9 Å². The van der Waals surface area contributed by atoms with E-state index in [0.717, 1.165) is 5.52 Å². The lowest BCUT2D eigenvalue weighted by Gasteiger charge is -2.19. The zero-order valence-electron chi connectivity index (χ0n) is 18.3. The van der Waals surface area contributed by atoms with Crippen LogP contribution in [0.15, 0.2) is 107 Å². The molecule has 0 bridgehead atoms. The maximum Gasteiger partial charge on any atom is 0.255 e. The van der Waals surface area contributed by atoms with Crippen LogP contribution in [0.1, 0.15) is 10.4 Å². The second-order valence-corrected chi connectivity index (χ2v) is 9.35. The van der Waals surface area contributed by atoms with E-state index in [0.29, 0.717) is 28.3 Å². The summed E-state index contributed by atoms with van der Waals surface area (Å²) in [7, 11) is -3.74. The predicted octanol–water partition coefficient (Wildman–Crippen LogP) is 5.11. The van der Waals surface area contributed by atoms with E-state index in [1.54, 1.807) is 12.1 Å². The molecule has 0 aliphatic carbocycles. The van der Waals surface area contributed by atoms with Crippen molar-refractivity contribution >= 4 is 32.7 Å². The number of oxazole rings is 1. The van der Waals surface area contributed by atoms with Gasteiger partial charge in [-0.15, -0.1) is 13.2 Å². The highest BCUT2D eigenvalue weighted by atomic mass is 32.2. The first kappa shape index (κ1) is 23.2. The summed E-state index contributed by atoms with van der Waals surface area (Å²) in [6.07, 6.45) is 3.02. The van der Waals surface area contributed by atoms with Crippen molar-refractivity contribution in [2.75, 3.05) is 18.4 Å². The average Bonchev–Trinajstić information content (AvgIpc) is 3.28. The minimum Gasteiger partial charge on any atom is -0.436 e. The number of anilines is 1. The van der Waals surface area contributed by atoms with Crippen molar-refractivity contribution in [1.82, 2.24) is 9.29 Å². The molecule has 34 heavy (non-hydrogen) atoms. The standard InChI is InChI=1S/C26H23N3O4S/c1-3-17-29(18-4-2)34(31,32)20-15-13-19(14-16-20)25(30)27-22-10-6-5-9-21(22)26-28-23-11-7-8-12-24(23)33-26/h3-16H,1-2,17-18H2,(H,27,30). The maximum atomic E-state index is 12.9. The molecule has 1 N–H and O–H groups in total. The minimum absolute atomic E-state index is 0.0830. The number of hydrogen-bond acceptors (Lipinski definition) is 5. The Morgan fingerprint density at radius 3 is 2.26 bits per heavy atom. The predicted molar refractivity (Wildman–Crippen MR) is 133 cm³/mol. The van der Waals surface area contributed by atoms with Crippen molar-refractivity contribution in [1.29, 1.82) is 0 Å². The first-order valence-corrected chi connectivity index (χ1v) is 12.0. The van der Waals surface area contributed by atoms with Crippen molar-refractivity contribution in [2.24, 2.45) is 0 Å². The third kappa shape index (κ3) is 4.68. The SMILES string of the molecule is C=CCN(CC=C)S(=O)(=O)c1ccc(C(=O)Nc2ccccc2-c2nc3ccccc3o2)cc1. The highest BCUT2D eigenvalue weighted by Crippen LogP contribution is 2.30. The summed E-state index contributed by atoms with van der Waals surface area (Å²) in [6.45, 7) is 7.52. The maximum absolute atomic E-state index is 12.9. The molecule has 172 valence electrons. The quantitative estimate of drug-likeness (QED) is 0.341. The summed E-state index contributed by atoms with van der Waals surface area (Å²) >= 11 is 0. The lowest BCUT2D eigenvalue weighted by Crippen LogP contribution is -2.31. The number of hydrogen-bond donors (Lipinski definition) is 1. The molecule has 8 heteroatoms. The molecule has 0 saturated heterocycles. The third-order valence-electron chi connectivity index (χ3n) is 5.12. The summed E-state index contributed by atoms with van der Waals surface area (Å²) in [4.78, 5) is 17.5. The van der Waals surface area contributed by atoms with Gasteiger partial charge >= 0.3 is 0 Å². The molecule has 0 aliphatic rings. The van der Waals surface area contributed by atoms with Crippen LogP contribution in [0.4, 0.5) is 5.69 Å². The molecule has 7 nitrogen and oxygen atoms in total. The molecule has 0 spiro atoms. The van der Waals surface area contributed by atoms with E-state index in [4.69, 9.17) is 4.42 Å². The van der Waals surface area contributed by atoms with Gasteiger partial charge in [-0.05, 0) is 48.5 Å². The van der Waals surface area contributed by atoms with Gasteiger partial charge < -0.3 is 9.73 Å². The summed E-state index contributed by atoms with van der Waals surface area (Å²) < 4.78 is 32.8. The molecular formula is C26H23N3O4S. The van der Waals surface area contributed by atoms with Crippen molar-refractivity contribution in [2.45, 2.75) is 4.90 Å². The molecule has 4 aromatic rings. The van der Waals surface area contributed by atoms with Crippen LogP contribution in [-0.4, -0.2) is 36.7 Å². The van der Waals surface area contributed by atoms with E-state index in [-0.39, 0.29) is 23.9 Å². The van der Waals surface area contributed by atoms with Crippen LogP contribution in [0, 0.1) is 0 Å². The molecule has 3 aromatic carbocycles. The zero-order valence-corrected chi connectivity index (χ0v) is 19.2. The van der Waals surface area contributed by atoms with Crippen LogP contribution >= 0.6 is 0 Å². The molecule has 0 aliphatic heterocycles. The van der Waals surface area contributed by atoms with Gasteiger partial charge in [0.15, 0.2) is 5.58 Å². The van der Waals surface area contributed by atoms with Crippen LogP contribution in [0.25, 0.3) is 22.6 Å². The number of carbonyl (C=O) groups excluding carboxylic acids is 1. The van der Waals surface area contributed by atoms with E-state index in [9.17, 15) is 13.2 Å². The fourth-order valence-electron chi connectivity index (χ4n) is 3.45. The number of sulfonamides is 1. The van der Waals surface area contributed by atoms with Gasteiger partial charge in [0.1, 0.15) is 5.52 Å². The molecule has 0 fully saturated rings. The summed E-state index contributed by atoms with van der Waals surface area (Å²) in [6, 6.07) is 20.4. The van der Waals surface area contributed by atoms with Crippen LogP contribution in [0.2, 0.25) is 0 Å².